The van der Waals surface area contributed by atoms with E-state index < -0.39 is 30.2 Å². The maximum absolute atomic E-state index is 10.4. The SMILES string of the molecule is NC(=O)c1cccnc1.NC(=O)c1cccnc1.O=C(O)CC(=O)O. The smallest absolute Gasteiger partial charge is 0.314 e. The van der Waals surface area contributed by atoms with Crippen LogP contribution in [0, 0.1) is 0 Å². The summed E-state index contributed by atoms with van der Waals surface area (Å²) in [5, 5.41) is 15.4. The van der Waals surface area contributed by atoms with Gasteiger partial charge in [0.15, 0.2) is 0 Å². The van der Waals surface area contributed by atoms with Crippen LogP contribution in [0.3, 0.4) is 0 Å². The lowest BCUT2D eigenvalue weighted by Gasteiger charge is -1.88. The number of primary amides is 2. The maximum Gasteiger partial charge on any atom is 0.314 e. The Balaban J connectivity index is 0.000000350. The van der Waals surface area contributed by atoms with Gasteiger partial charge in [0.05, 0.1) is 11.1 Å². The third-order valence-electron chi connectivity index (χ3n) is 2.19. The number of nitrogens with zero attached hydrogens (tertiary/aromatic N) is 2. The van der Waals surface area contributed by atoms with Crippen LogP contribution in [0.2, 0.25) is 0 Å². The van der Waals surface area contributed by atoms with Crippen LogP contribution < -0.4 is 11.5 Å². The van der Waals surface area contributed by atoms with E-state index in [2.05, 4.69) is 9.97 Å². The summed E-state index contributed by atoms with van der Waals surface area (Å²) in [5.41, 5.74) is 10.8. The highest BCUT2D eigenvalue weighted by Crippen LogP contribution is 1.92. The molecule has 0 saturated carbocycles. The van der Waals surface area contributed by atoms with Crippen molar-refractivity contribution >= 4 is 23.8 Å². The quantitative estimate of drug-likeness (QED) is 0.551. The zero-order valence-electron chi connectivity index (χ0n) is 12.9. The number of pyridine rings is 2. The summed E-state index contributed by atoms with van der Waals surface area (Å²) >= 11 is 0. The van der Waals surface area contributed by atoms with Crippen LogP contribution in [0.15, 0.2) is 49.1 Å². The molecule has 0 radical (unpaired) electrons. The van der Waals surface area contributed by atoms with E-state index in [1.54, 1.807) is 36.7 Å². The van der Waals surface area contributed by atoms with Crippen molar-refractivity contribution in [3.05, 3.63) is 60.2 Å². The number of nitrogens with two attached hydrogens (primary N) is 2. The molecule has 0 aliphatic carbocycles. The van der Waals surface area contributed by atoms with E-state index in [1.807, 2.05) is 0 Å². The Kier molecular flexibility index (Phi) is 9.92. The highest BCUT2D eigenvalue weighted by molar-refractivity contribution is 5.92. The number of carbonyl (C=O) groups is 4. The van der Waals surface area contributed by atoms with Crippen LogP contribution in [0.25, 0.3) is 0 Å². The second-order valence-electron chi connectivity index (χ2n) is 4.18. The van der Waals surface area contributed by atoms with Crippen molar-refractivity contribution in [2.45, 2.75) is 6.42 Å². The minimum Gasteiger partial charge on any atom is -0.481 e. The van der Waals surface area contributed by atoms with Crippen molar-refractivity contribution in [2.24, 2.45) is 11.5 Å². The molecule has 10 nitrogen and oxygen atoms in total. The van der Waals surface area contributed by atoms with Crippen LogP contribution in [-0.2, 0) is 9.59 Å². The molecular formula is C15H16N4O6. The molecule has 10 heteroatoms. The zero-order chi connectivity index (χ0) is 19.2. The Bertz CT molecular complexity index is 645. The van der Waals surface area contributed by atoms with Gasteiger partial charge in [-0.25, -0.2) is 0 Å². The number of aliphatic carboxylic acids is 2. The summed E-state index contributed by atoms with van der Waals surface area (Å²) in [5.74, 6) is -3.51. The van der Waals surface area contributed by atoms with E-state index in [9.17, 15) is 19.2 Å². The van der Waals surface area contributed by atoms with E-state index in [0.717, 1.165) is 0 Å². The van der Waals surface area contributed by atoms with Crippen LogP contribution >= 0.6 is 0 Å². The molecule has 2 heterocycles. The number of hydrogen-bond donors (Lipinski definition) is 4. The minimum absolute atomic E-state index is 0.442. The molecule has 2 aromatic heterocycles. The molecule has 0 unspecified atom stereocenters. The molecule has 132 valence electrons. The third kappa shape index (κ3) is 11.4. The first-order valence-electron chi connectivity index (χ1n) is 6.57. The molecule has 2 rings (SSSR count). The predicted octanol–water partition coefficient (Wildman–Crippen LogP) is -0.0933. The molecule has 0 saturated heterocycles. The summed E-state index contributed by atoms with van der Waals surface area (Å²) in [7, 11) is 0. The van der Waals surface area contributed by atoms with Gasteiger partial charge < -0.3 is 21.7 Å². The number of rotatable bonds is 4. The second kappa shape index (κ2) is 11.7. The minimum atomic E-state index is -1.31. The molecule has 0 bridgehead atoms. The predicted molar refractivity (Wildman–Crippen MR) is 85.4 cm³/mol. The summed E-state index contributed by atoms with van der Waals surface area (Å²) in [6.07, 6.45) is 5.24. The molecule has 6 N–H and O–H groups in total. The molecule has 0 fully saturated rings. The van der Waals surface area contributed by atoms with E-state index >= 15 is 0 Å². The Morgan fingerprint density at radius 2 is 1.16 bits per heavy atom. The first kappa shape index (κ1) is 21.2. The maximum atomic E-state index is 10.4. The number of amides is 2. The Labute approximate surface area is 142 Å². The van der Waals surface area contributed by atoms with Gasteiger partial charge in [-0.15, -0.1) is 0 Å². The number of carboxylic acids is 2. The summed E-state index contributed by atoms with van der Waals surface area (Å²) in [6, 6.07) is 6.57. The first-order chi connectivity index (χ1) is 11.7. The fourth-order valence-electron chi connectivity index (χ4n) is 1.15. The highest BCUT2D eigenvalue weighted by Gasteiger charge is 2.01. The Morgan fingerprint density at radius 1 is 0.800 bits per heavy atom. The third-order valence-corrected chi connectivity index (χ3v) is 2.19. The van der Waals surface area contributed by atoms with E-state index in [1.165, 1.54) is 12.4 Å². The van der Waals surface area contributed by atoms with Gasteiger partial charge in [0.1, 0.15) is 6.42 Å². The lowest BCUT2D eigenvalue weighted by molar-refractivity contribution is -0.147. The molecule has 0 aliphatic rings. The molecule has 0 aromatic carbocycles. The van der Waals surface area contributed by atoms with Crippen molar-refractivity contribution in [1.29, 1.82) is 0 Å². The number of aromatic nitrogens is 2. The van der Waals surface area contributed by atoms with Crippen LogP contribution in [0.5, 0.6) is 0 Å². The van der Waals surface area contributed by atoms with Crippen molar-refractivity contribution in [3.63, 3.8) is 0 Å². The van der Waals surface area contributed by atoms with Gasteiger partial charge in [0.25, 0.3) is 0 Å². The largest absolute Gasteiger partial charge is 0.481 e. The number of hydrogen-bond acceptors (Lipinski definition) is 6. The van der Waals surface area contributed by atoms with Crippen LogP contribution in [-0.4, -0.2) is 43.9 Å². The molecular weight excluding hydrogens is 332 g/mol. The topological polar surface area (TPSA) is 187 Å². The molecule has 0 atom stereocenters. The van der Waals surface area contributed by atoms with Gasteiger partial charge >= 0.3 is 11.9 Å². The molecule has 0 spiro atoms. The van der Waals surface area contributed by atoms with Crippen molar-refractivity contribution in [1.82, 2.24) is 9.97 Å². The van der Waals surface area contributed by atoms with Crippen molar-refractivity contribution in [3.8, 4) is 0 Å². The van der Waals surface area contributed by atoms with Gasteiger partial charge in [-0.3, -0.25) is 29.1 Å². The Morgan fingerprint density at radius 3 is 1.28 bits per heavy atom. The summed E-state index contributed by atoms with van der Waals surface area (Å²) < 4.78 is 0. The fraction of sp³-hybridized carbons (Fsp3) is 0.0667. The van der Waals surface area contributed by atoms with Crippen LogP contribution in [0.4, 0.5) is 0 Å². The van der Waals surface area contributed by atoms with Gasteiger partial charge in [-0.1, -0.05) is 0 Å². The normalized spacial score (nSPS) is 8.64. The van der Waals surface area contributed by atoms with Crippen molar-refractivity contribution < 1.29 is 29.4 Å². The Hall–Kier alpha value is -3.82. The van der Waals surface area contributed by atoms with E-state index in [-0.39, 0.29) is 0 Å². The number of carbonyl (C=O) groups excluding carboxylic acids is 2. The van der Waals surface area contributed by atoms with Crippen molar-refractivity contribution in [2.75, 3.05) is 0 Å². The summed E-state index contributed by atoms with van der Waals surface area (Å²) in [4.78, 5) is 47.0. The van der Waals surface area contributed by atoms with E-state index in [4.69, 9.17) is 21.7 Å². The average molecular weight is 348 g/mol. The molecule has 2 amide bonds. The highest BCUT2D eigenvalue weighted by atomic mass is 16.4. The van der Waals surface area contributed by atoms with Gasteiger partial charge in [-0.2, -0.15) is 0 Å². The molecule has 2 aromatic rings. The van der Waals surface area contributed by atoms with E-state index in [0.29, 0.717) is 11.1 Å². The van der Waals surface area contributed by atoms with Crippen LogP contribution in [0.1, 0.15) is 27.1 Å². The monoisotopic (exact) mass is 348 g/mol. The molecule has 25 heavy (non-hydrogen) atoms. The standard InChI is InChI=1S/2C6H6N2O.C3H4O4/c2*7-6(9)5-2-1-3-8-4-5;4-2(5)1-3(6)7/h2*1-4H,(H2,7,9);1H2,(H,4,5)(H,6,7). The molecule has 0 aliphatic heterocycles. The summed E-state index contributed by atoms with van der Waals surface area (Å²) in [6.45, 7) is 0. The van der Waals surface area contributed by atoms with Gasteiger partial charge in [0.2, 0.25) is 11.8 Å². The lowest BCUT2D eigenvalue weighted by Crippen LogP contribution is -2.10. The fourth-order valence-corrected chi connectivity index (χ4v) is 1.15. The second-order valence-corrected chi connectivity index (χ2v) is 4.18. The number of carboxylic acid groups (broad SMARTS) is 2. The first-order valence-corrected chi connectivity index (χ1v) is 6.57. The average Bonchev–Trinajstić information content (AvgIpc) is 2.56. The zero-order valence-corrected chi connectivity index (χ0v) is 12.9. The van der Waals surface area contributed by atoms with Gasteiger partial charge in [0, 0.05) is 24.8 Å². The van der Waals surface area contributed by atoms with Gasteiger partial charge in [-0.05, 0) is 24.3 Å². The lowest BCUT2D eigenvalue weighted by atomic mass is 10.3.